The molecule has 0 N–H and O–H groups in total. The zero-order chi connectivity index (χ0) is 46.8. The molecule has 0 unspecified atom stereocenters. The zero-order valence-electron chi connectivity index (χ0n) is 37.3. The van der Waals surface area contributed by atoms with E-state index in [4.69, 9.17) is 13.1 Å². The summed E-state index contributed by atoms with van der Waals surface area (Å²) in [6.45, 7) is 16.5. The average Bonchev–Trinajstić information content (AvgIpc) is 3.91. The van der Waals surface area contributed by atoms with E-state index in [9.17, 15) is 10.5 Å². The van der Waals surface area contributed by atoms with Gasteiger partial charge in [0.05, 0.1) is 36.4 Å². The molecule has 0 atom stereocenters. The Bertz CT molecular complexity index is 4280. The summed E-state index contributed by atoms with van der Waals surface area (Å²) in [7, 11) is 0. The minimum Gasteiger partial charge on any atom is -0.238 e. The van der Waals surface area contributed by atoms with E-state index in [1.165, 1.54) is 43.8 Å². The number of hydrogen-bond acceptors (Lipinski definition) is 2. The number of hydrogen-bond donors (Lipinski definition) is 0. The smallest absolute Gasteiger partial charge is 0.194 e. The van der Waals surface area contributed by atoms with Crippen LogP contribution in [-0.4, -0.2) is 0 Å². The number of nitriles is 2. The van der Waals surface area contributed by atoms with Crippen molar-refractivity contribution < 1.29 is 0 Å². The molecule has 0 heterocycles. The van der Waals surface area contributed by atoms with Crippen molar-refractivity contribution in [2.45, 2.75) is 0 Å². The summed E-state index contributed by atoms with van der Waals surface area (Å²) in [5.74, 6) is 0. The van der Waals surface area contributed by atoms with E-state index in [-0.39, 0.29) is 0 Å². The SMILES string of the molecule is [C-]#[N+]c1ccc(-c2ccccc2[N+]#[C-])c(-c2cc3c4cc5c(cc4c(-c4cc(C#N)ccc4-c4ccccc4C#N)cc3c3cc4c(cc23)-c2cccc3cccc-4c23)-c2cccc3cccc-5c23)c1. The molecule has 2 aliphatic carbocycles. The van der Waals surface area contributed by atoms with Gasteiger partial charge in [-0.05, 0) is 198 Å². The van der Waals surface area contributed by atoms with E-state index < -0.39 is 0 Å². The molecule has 4 heteroatoms. The van der Waals surface area contributed by atoms with Gasteiger partial charge < -0.3 is 0 Å². The molecule has 0 bridgehead atoms. The number of nitrogens with zero attached hydrogens (tertiary/aromatic N) is 4. The average molecular weight is 881 g/mol. The third-order valence-corrected chi connectivity index (χ3v) is 14.8. The minimum absolute atomic E-state index is 0.511. The summed E-state index contributed by atoms with van der Waals surface area (Å²) in [6, 6.07) is 72.1. The van der Waals surface area contributed by atoms with E-state index in [1.807, 2.05) is 84.9 Å². The van der Waals surface area contributed by atoms with Gasteiger partial charge in [0.2, 0.25) is 0 Å². The van der Waals surface area contributed by atoms with E-state index >= 15 is 0 Å². The second-order valence-electron chi connectivity index (χ2n) is 18.2. The molecule has 0 fully saturated rings. The maximum atomic E-state index is 10.5. The van der Waals surface area contributed by atoms with Gasteiger partial charge in [0, 0.05) is 5.56 Å². The summed E-state index contributed by atoms with van der Waals surface area (Å²) in [4.78, 5) is 7.94. The predicted octanol–water partition coefficient (Wildman–Crippen LogP) is 18.3. The molecule has 0 saturated heterocycles. The second kappa shape index (κ2) is 14.7. The molecule has 14 rings (SSSR count). The zero-order valence-corrected chi connectivity index (χ0v) is 37.3. The normalized spacial score (nSPS) is 11.7. The Balaban J connectivity index is 1.20. The number of benzene rings is 12. The van der Waals surface area contributed by atoms with Crippen LogP contribution in [0.1, 0.15) is 11.1 Å². The lowest BCUT2D eigenvalue weighted by Gasteiger charge is -2.21. The Morgan fingerprint density at radius 1 is 0.300 bits per heavy atom. The van der Waals surface area contributed by atoms with Crippen LogP contribution in [0.3, 0.4) is 0 Å². The Morgan fingerprint density at radius 2 is 0.729 bits per heavy atom. The third kappa shape index (κ3) is 5.42. The first kappa shape index (κ1) is 39.1. The van der Waals surface area contributed by atoms with Gasteiger partial charge in [0.25, 0.3) is 0 Å². The molecule has 2 aliphatic rings. The van der Waals surface area contributed by atoms with Crippen LogP contribution in [0, 0.1) is 35.8 Å². The summed E-state index contributed by atoms with van der Waals surface area (Å²) >= 11 is 0. The minimum atomic E-state index is 0.511. The first-order valence-corrected chi connectivity index (χ1v) is 23.2. The molecule has 0 aliphatic heterocycles. The third-order valence-electron chi connectivity index (χ3n) is 14.8. The number of para-hydroxylation sites is 1. The highest BCUT2D eigenvalue weighted by Gasteiger charge is 2.28. The van der Waals surface area contributed by atoms with Crippen molar-refractivity contribution in [2.75, 3.05) is 0 Å². The summed E-state index contributed by atoms with van der Waals surface area (Å²) in [5.41, 5.74) is 18.5. The predicted molar refractivity (Wildman–Crippen MR) is 287 cm³/mol. The highest BCUT2D eigenvalue weighted by Crippen LogP contribution is 2.55. The van der Waals surface area contributed by atoms with Crippen LogP contribution < -0.4 is 0 Å². The van der Waals surface area contributed by atoms with Crippen LogP contribution >= 0.6 is 0 Å². The van der Waals surface area contributed by atoms with Gasteiger partial charge in [0.15, 0.2) is 11.4 Å². The van der Waals surface area contributed by atoms with Gasteiger partial charge in [-0.2, -0.15) is 10.5 Å². The van der Waals surface area contributed by atoms with E-state index in [1.54, 1.807) is 0 Å². The summed E-state index contributed by atoms with van der Waals surface area (Å²) < 4.78 is 0. The first-order valence-electron chi connectivity index (χ1n) is 23.2. The van der Waals surface area contributed by atoms with Gasteiger partial charge in [-0.15, -0.1) is 0 Å². The van der Waals surface area contributed by atoms with Crippen molar-refractivity contribution in [1.82, 2.24) is 0 Å². The second-order valence-corrected chi connectivity index (χ2v) is 18.2. The molecule has 4 nitrogen and oxygen atoms in total. The molecule has 316 valence electrons. The molecular weight excluding hydrogens is 849 g/mol. The molecule has 12 aromatic rings. The van der Waals surface area contributed by atoms with Crippen molar-refractivity contribution >= 4 is 65.2 Å². The van der Waals surface area contributed by atoms with Gasteiger partial charge >= 0.3 is 0 Å². The van der Waals surface area contributed by atoms with E-state index in [0.29, 0.717) is 22.5 Å². The Kier molecular flexibility index (Phi) is 8.21. The Labute approximate surface area is 403 Å². The molecule has 12 aromatic carbocycles. The molecular formula is C66H32N4. The molecule has 0 saturated carbocycles. The molecule has 0 radical (unpaired) electrons. The molecule has 70 heavy (non-hydrogen) atoms. The van der Waals surface area contributed by atoms with Gasteiger partial charge in [-0.25, -0.2) is 9.69 Å². The number of rotatable bonds is 4. The van der Waals surface area contributed by atoms with Crippen LogP contribution in [-0.2, 0) is 0 Å². The number of fused-ring (bicyclic) bond motifs is 11. The van der Waals surface area contributed by atoms with Crippen LogP contribution in [0.15, 0.2) is 194 Å². The van der Waals surface area contributed by atoms with Crippen molar-refractivity contribution in [2.24, 2.45) is 0 Å². The highest BCUT2D eigenvalue weighted by molar-refractivity contribution is 6.29. The lowest BCUT2D eigenvalue weighted by molar-refractivity contribution is 1.46. The lowest BCUT2D eigenvalue weighted by atomic mass is 9.82. The van der Waals surface area contributed by atoms with Gasteiger partial charge in [-0.3, -0.25) is 0 Å². The van der Waals surface area contributed by atoms with Crippen molar-refractivity contribution in [1.29, 1.82) is 10.5 Å². The van der Waals surface area contributed by atoms with Gasteiger partial charge in [-0.1, -0.05) is 133 Å². The van der Waals surface area contributed by atoms with Crippen LogP contribution in [0.25, 0.3) is 153 Å². The summed E-state index contributed by atoms with van der Waals surface area (Å²) in [6.07, 6.45) is 0. The van der Waals surface area contributed by atoms with Crippen LogP contribution in [0.5, 0.6) is 0 Å². The van der Waals surface area contributed by atoms with Crippen LogP contribution in [0.4, 0.5) is 11.4 Å². The molecule has 0 aromatic heterocycles. The van der Waals surface area contributed by atoms with Crippen molar-refractivity contribution in [3.63, 3.8) is 0 Å². The first-order chi connectivity index (χ1) is 34.5. The quantitative estimate of drug-likeness (QED) is 0.131. The van der Waals surface area contributed by atoms with Crippen molar-refractivity contribution in [3.8, 4) is 101 Å². The topological polar surface area (TPSA) is 56.3 Å². The standard InChI is InChI=1S/C66H32N4/c1-69-41-24-26-44(45-17-5-6-22-64(45)70-2)51(28-41)57-34-63-60-31-54-48-20-9-14-38-12-7-18-46(65(38)48)52(54)29-58(60)56(50-27-37(35-67)23-25-43(50)42-16-4-3-11-40(42)36-68)33-62(63)61-32-55-49-21-10-15-39-13-8-19-47(66(39)49)53(55)30-59(57)61/h3-34H. The fraction of sp³-hybridized carbons (Fsp3) is 0. The highest BCUT2D eigenvalue weighted by atomic mass is 14.7. The van der Waals surface area contributed by atoms with E-state index in [2.05, 4.69) is 131 Å². The molecule has 0 amide bonds. The van der Waals surface area contributed by atoms with Gasteiger partial charge in [0.1, 0.15) is 0 Å². The van der Waals surface area contributed by atoms with Crippen LogP contribution in [0.2, 0.25) is 0 Å². The van der Waals surface area contributed by atoms with Crippen molar-refractivity contribution in [3.05, 3.63) is 228 Å². The van der Waals surface area contributed by atoms with E-state index in [0.717, 1.165) is 99.1 Å². The fourth-order valence-corrected chi connectivity index (χ4v) is 11.8. The largest absolute Gasteiger partial charge is 0.238 e. The maximum Gasteiger partial charge on any atom is 0.194 e. The molecule has 0 spiro atoms. The lowest BCUT2D eigenvalue weighted by Crippen LogP contribution is -1.95. The monoisotopic (exact) mass is 880 g/mol. The Morgan fingerprint density at radius 3 is 1.26 bits per heavy atom. The summed E-state index contributed by atoms with van der Waals surface area (Å²) in [5, 5.41) is 32.0. The Hall–Kier alpha value is -10.1. The fourth-order valence-electron chi connectivity index (χ4n) is 11.8. The maximum absolute atomic E-state index is 10.5.